The lowest BCUT2D eigenvalue weighted by Gasteiger charge is -2.26. The molecular formula is C14H23N3OS. The minimum absolute atomic E-state index is 0.148. The fraction of sp³-hybridized carbons (Fsp3) is 0.786. The number of thiazole rings is 1. The highest BCUT2D eigenvalue weighted by Crippen LogP contribution is 2.44. The molecule has 0 radical (unpaired) electrons. The quantitative estimate of drug-likeness (QED) is 0.896. The van der Waals surface area contributed by atoms with Gasteiger partial charge in [-0.1, -0.05) is 11.3 Å². The predicted octanol–water partition coefficient (Wildman–Crippen LogP) is 2.04. The van der Waals surface area contributed by atoms with Crippen molar-refractivity contribution in [3.05, 3.63) is 10.6 Å². The third-order valence-electron chi connectivity index (χ3n) is 4.02. The SMILES string of the molecule is CN(C)CC1CCCN1c1nc(C2CC2)c(CO)s1. The van der Waals surface area contributed by atoms with Gasteiger partial charge in [-0.25, -0.2) is 4.98 Å². The van der Waals surface area contributed by atoms with Gasteiger partial charge in [-0.3, -0.25) is 0 Å². The Balaban J connectivity index is 1.80. The number of nitrogens with zero attached hydrogens (tertiary/aromatic N) is 3. The summed E-state index contributed by atoms with van der Waals surface area (Å²) in [4.78, 5) is 10.6. The molecule has 0 amide bonds. The van der Waals surface area contributed by atoms with E-state index in [2.05, 4.69) is 23.9 Å². The van der Waals surface area contributed by atoms with Gasteiger partial charge in [0.25, 0.3) is 0 Å². The third-order valence-corrected chi connectivity index (χ3v) is 5.12. The van der Waals surface area contributed by atoms with Crippen molar-refractivity contribution in [2.45, 2.75) is 44.2 Å². The van der Waals surface area contributed by atoms with Crippen LogP contribution in [0.3, 0.4) is 0 Å². The lowest BCUT2D eigenvalue weighted by atomic mass is 10.2. The van der Waals surface area contributed by atoms with Crippen LogP contribution in [-0.4, -0.2) is 48.2 Å². The maximum atomic E-state index is 9.51. The van der Waals surface area contributed by atoms with Crippen molar-refractivity contribution in [3.63, 3.8) is 0 Å². The first kappa shape index (κ1) is 13.3. The van der Waals surface area contributed by atoms with Gasteiger partial charge in [0.2, 0.25) is 0 Å². The maximum absolute atomic E-state index is 9.51. The van der Waals surface area contributed by atoms with E-state index in [9.17, 15) is 5.11 Å². The highest BCUT2D eigenvalue weighted by Gasteiger charge is 2.33. The summed E-state index contributed by atoms with van der Waals surface area (Å²) >= 11 is 1.70. The second kappa shape index (κ2) is 5.38. The van der Waals surface area contributed by atoms with Crippen molar-refractivity contribution in [2.75, 3.05) is 32.1 Å². The summed E-state index contributed by atoms with van der Waals surface area (Å²) in [7, 11) is 4.26. The van der Waals surface area contributed by atoms with E-state index in [0.29, 0.717) is 12.0 Å². The topological polar surface area (TPSA) is 39.6 Å². The second-order valence-electron chi connectivity index (χ2n) is 5.99. The second-order valence-corrected chi connectivity index (χ2v) is 7.05. The van der Waals surface area contributed by atoms with E-state index in [4.69, 9.17) is 4.98 Å². The van der Waals surface area contributed by atoms with Gasteiger partial charge in [-0.2, -0.15) is 0 Å². The van der Waals surface area contributed by atoms with E-state index >= 15 is 0 Å². The molecule has 19 heavy (non-hydrogen) atoms. The van der Waals surface area contributed by atoms with Gasteiger partial charge in [-0.05, 0) is 39.8 Å². The fourth-order valence-corrected chi connectivity index (χ4v) is 4.06. The van der Waals surface area contributed by atoms with Crippen molar-refractivity contribution in [1.29, 1.82) is 0 Å². The van der Waals surface area contributed by atoms with Crippen molar-refractivity contribution >= 4 is 16.5 Å². The molecule has 1 aliphatic heterocycles. The maximum Gasteiger partial charge on any atom is 0.186 e. The lowest BCUT2D eigenvalue weighted by Crippen LogP contribution is -2.37. The molecule has 0 bridgehead atoms. The molecular weight excluding hydrogens is 258 g/mol. The van der Waals surface area contributed by atoms with E-state index in [1.54, 1.807) is 11.3 Å². The lowest BCUT2D eigenvalue weighted by molar-refractivity contribution is 0.284. The van der Waals surface area contributed by atoms with E-state index in [0.717, 1.165) is 23.1 Å². The van der Waals surface area contributed by atoms with Crippen molar-refractivity contribution in [3.8, 4) is 0 Å². The molecule has 2 aliphatic rings. The third kappa shape index (κ3) is 2.78. The Morgan fingerprint density at radius 3 is 2.79 bits per heavy atom. The predicted molar refractivity (Wildman–Crippen MR) is 78.9 cm³/mol. The summed E-state index contributed by atoms with van der Waals surface area (Å²) in [6, 6.07) is 0.583. The number of likely N-dealkylation sites (N-methyl/N-ethyl adjacent to an activating group) is 1. The average molecular weight is 281 g/mol. The monoisotopic (exact) mass is 281 g/mol. The molecule has 1 atom stereocenters. The Hall–Kier alpha value is -0.650. The minimum atomic E-state index is 0.148. The molecule has 3 rings (SSSR count). The molecule has 1 saturated carbocycles. The van der Waals surface area contributed by atoms with Crippen molar-refractivity contribution in [2.24, 2.45) is 0 Å². The van der Waals surface area contributed by atoms with Crippen LogP contribution in [0.15, 0.2) is 0 Å². The number of aromatic nitrogens is 1. The first-order chi connectivity index (χ1) is 9.19. The molecule has 106 valence electrons. The van der Waals surface area contributed by atoms with Crippen LogP contribution in [0, 0.1) is 0 Å². The molecule has 1 aromatic rings. The van der Waals surface area contributed by atoms with Crippen LogP contribution in [0.2, 0.25) is 0 Å². The Morgan fingerprint density at radius 1 is 1.37 bits per heavy atom. The van der Waals surface area contributed by atoms with Gasteiger partial charge in [0.15, 0.2) is 5.13 Å². The van der Waals surface area contributed by atoms with Crippen molar-refractivity contribution < 1.29 is 5.11 Å². The number of hydrogen-bond acceptors (Lipinski definition) is 5. The average Bonchev–Trinajstić information content (AvgIpc) is 2.97. The molecule has 0 spiro atoms. The molecule has 4 nitrogen and oxygen atoms in total. The summed E-state index contributed by atoms with van der Waals surface area (Å²) in [5.74, 6) is 0.627. The fourth-order valence-electron chi connectivity index (χ4n) is 2.96. The zero-order valence-electron chi connectivity index (χ0n) is 11.8. The van der Waals surface area contributed by atoms with Crippen LogP contribution in [0.4, 0.5) is 5.13 Å². The molecule has 0 aromatic carbocycles. The standard InChI is InChI=1S/C14H23N3OS/c1-16(2)8-11-4-3-7-17(11)14-15-13(10-5-6-10)12(9-18)19-14/h10-11,18H,3-9H2,1-2H3. The largest absolute Gasteiger partial charge is 0.391 e. The van der Waals surface area contributed by atoms with E-state index in [1.807, 2.05) is 0 Å². The Labute approximate surface area is 119 Å². The number of rotatable bonds is 5. The molecule has 1 unspecified atom stereocenters. The molecule has 1 N–H and O–H groups in total. The van der Waals surface area contributed by atoms with Crippen LogP contribution in [-0.2, 0) is 6.61 Å². The summed E-state index contributed by atoms with van der Waals surface area (Å²) in [5, 5.41) is 10.6. The van der Waals surface area contributed by atoms with Gasteiger partial charge in [0.05, 0.1) is 17.2 Å². The van der Waals surface area contributed by atoms with Gasteiger partial charge < -0.3 is 14.9 Å². The minimum Gasteiger partial charge on any atom is -0.391 e. The van der Waals surface area contributed by atoms with E-state index < -0.39 is 0 Å². The Kier molecular flexibility index (Phi) is 3.78. The molecule has 2 fully saturated rings. The number of aliphatic hydroxyl groups excluding tert-OH is 1. The van der Waals surface area contributed by atoms with Gasteiger partial charge in [0.1, 0.15) is 0 Å². The molecule has 2 heterocycles. The normalized spacial score (nSPS) is 23.6. The first-order valence-electron chi connectivity index (χ1n) is 7.21. The molecule has 1 saturated heterocycles. The van der Waals surface area contributed by atoms with Gasteiger partial charge in [0, 0.05) is 25.0 Å². The smallest absolute Gasteiger partial charge is 0.186 e. The molecule has 1 aromatic heterocycles. The Morgan fingerprint density at radius 2 is 2.16 bits per heavy atom. The van der Waals surface area contributed by atoms with Crippen LogP contribution < -0.4 is 4.90 Å². The number of aliphatic hydroxyl groups is 1. The summed E-state index contributed by atoms with van der Waals surface area (Å²) in [5.41, 5.74) is 1.18. The van der Waals surface area contributed by atoms with E-state index in [1.165, 1.54) is 31.4 Å². The Bertz CT molecular complexity index is 442. The highest BCUT2D eigenvalue weighted by atomic mass is 32.1. The van der Waals surface area contributed by atoms with Crippen molar-refractivity contribution in [1.82, 2.24) is 9.88 Å². The summed E-state index contributed by atoms with van der Waals surface area (Å²) in [6.07, 6.45) is 5.00. The highest BCUT2D eigenvalue weighted by molar-refractivity contribution is 7.15. The molecule has 5 heteroatoms. The zero-order valence-corrected chi connectivity index (χ0v) is 12.6. The number of hydrogen-bond donors (Lipinski definition) is 1. The van der Waals surface area contributed by atoms with Crippen LogP contribution >= 0.6 is 11.3 Å². The van der Waals surface area contributed by atoms with E-state index in [-0.39, 0.29) is 6.61 Å². The zero-order chi connectivity index (χ0) is 13.4. The number of anilines is 1. The first-order valence-corrected chi connectivity index (χ1v) is 8.02. The van der Waals surface area contributed by atoms with Crippen LogP contribution in [0.1, 0.15) is 42.2 Å². The molecule has 1 aliphatic carbocycles. The van der Waals surface area contributed by atoms with Crippen LogP contribution in [0.25, 0.3) is 0 Å². The van der Waals surface area contributed by atoms with Gasteiger partial charge >= 0.3 is 0 Å². The summed E-state index contributed by atoms with van der Waals surface area (Å²) in [6.45, 7) is 2.35. The van der Waals surface area contributed by atoms with Crippen LogP contribution in [0.5, 0.6) is 0 Å². The summed E-state index contributed by atoms with van der Waals surface area (Å²) < 4.78 is 0. The van der Waals surface area contributed by atoms with Gasteiger partial charge in [-0.15, -0.1) is 0 Å².